The highest BCUT2D eigenvalue weighted by Crippen LogP contribution is 2.18. The number of carbonyl (C=O) groups is 1. The summed E-state index contributed by atoms with van der Waals surface area (Å²) in [5, 5.41) is 4.05. The Kier molecular flexibility index (Phi) is 6.04. The summed E-state index contributed by atoms with van der Waals surface area (Å²) in [6, 6.07) is 7.51. The number of quaternary nitrogens is 1. The van der Waals surface area contributed by atoms with Gasteiger partial charge in [0.2, 0.25) is 0 Å². The van der Waals surface area contributed by atoms with Crippen LogP contribution in [0.15, 0.2) is 40.0 Å². The number of hydrazone groups is 1. The fraction of sp³-hybridized carbons (Fsp3) is 0.368. The number of hydrogen-bond donors (Lipinski definition) is 2. The monoisotopic (exact) mass is 358 g/mol. The average molecular weight is 358 g/mol. The zero-order valence-corrected chi connectivity index (χ0v) is 15.1. The van der Waals surface area contributed by atoms with Crippen LogP contribution >= 0.6 is 0 Å². The van der Waals surface area contributed by atoms with Crippen LogP contribution in [0.2, 0.25) is 0 Å². The third-order valence-electron chi connectivity index (χ3n) is 4.43. The van der Waals surface area contributed by atoms with Gasteiger partial charge in [-0.25, -0.2) is 5.43 Å². The lowest BCUT2D eigenvalue weighted by Gasteiger charge is -2.24. The third kappa shape index (κ3) is 4.50. The molecule has 3 rings (SSSR count). The van der Waals surface area contributed by atoms with Crippen molar-refractivity contribution in [1.82, 2.24) is 5.43 Å². The number of morpholine rings is 1. The molecule has 0 atom stereocenters. The molecule has 1 aromatic heterocycles. The first-order valence-corrected chi connectivity index (χ1v) is 8.63. The van der Waals surface area contributed by atoms with E-state index in [9.17, 15) is 4.79 Å². The maximum atomic E-state index is 12.0. The molecule has 1 aliphatic heterocycles. The van der Waals surface area contributed by atoms with Crippen LogP contribution in [0.1, 0.15) is 27.2 Å². The standard InChI is InChI=1S/C19H23N3O4/c1-14-17(5-8-26-14)19(23)21-20-12-15-3-4-18(24-2)16(11-15)13-22-6-9-25-10-7-22/h3-5,8,11-12H,6-7,9-10,13H2,1-2H3,(H,21,23)/p+1/b20-12-. The Morgan fingerprint density at radius 1 is 1.35 bits per heavy atom. The van der Waals surface area contributed by atoms with Gasteiger partial charge in [-0.1, -0.05) is 0 Å². The Morgan fingerprint density at radius 2 is 2.15 bits per heavy atom. The Bertz CT molecular complexity index is 779. The average Bonchev–Trinajstić information content (AvgIpc) is 3.09. The molecule has 0 unspecified atom stereocenters. The fourth-order valence-corrected chi connectivity index (χ4v) is 2.97. The van der Waals surface area contributed by atoms with E-state index in [0.29, 0.717) is 11.3 Å². The van der Waals surface area contributed by atoms with Gasteiger partial charge in [0.15, 0.2) is 0 Å². The molecule has 2 aromatic rings. The van der Waals surface area contributed by atoms with E-state index in [0.717, 1.165) is 49.7 Å². The van der Waals surface area contributed by atoms with Gasteiger partial charge in [-0.05, 0) is 36.8 Å². The lowest BCUT2D eigenvalue weighted by molar-refractivity contribution is -0.921. The van der Waals surface area contributed by atoms with Crippen LogP contribution in [0, 0.1) is 6.92 Å². The lowest BCUT2D eigenvalue weighted by atomic mass is 10.1. The smallest absolute Gasteiger partial charge is 0.274 e. The molecule has 0 spiro atoms. The molecule has 7 heteroatoms. The van der Waals surface area contributed by atoms with E-state index in [1.807, 2.05) is 18.2 Å². The molecule has 0 aliphatic carbocycles. The molecule has 1 amide bonds. The van der Waals surface area contributed by atoms with Crippen molar-refractivity contribution < 1.29 is 23.6 Å². The molecule has 1 saturated heterocycles. The van der Waals surface area contributed by atoms with E-state index >= 15 is 0 Å². The van der Waals surface area contributed by atoms with E-state index in [4.69, 9.17) is 13.9 Å². The fourth-order valence-electron chi connectivity index (χ4n) is 2.97. The summed E-state index contributed by atoms with van der Waals surface area (Å²) in [7, 11) is 1.68. The summed E-state index contributed by atoms with van der Waals surface area (Å²) >= 11 is 0. The molecule has 2 heterocycles. The van der Waals surface area contributed by atoms with Crippen LogP contribution in [0.25, 0.3) is 0 Å². The van der Waals surface area contributed by atoms with E-state index in [-0.39, 0.29) is 5.91 Å². The van der Waals surface area contributed by atoms with Gasteiger partial charge in [-0.2, -0.15) is 5.10 Å². The molecule has 0 bridgehead atoms. The normalized spacial score (nSPS) is 15.3. The first-order chi connectivity index (χ1) is 12.7. The zero-order valence-electron chi connectivity index (χ0n) is 15.1. The maximum absolute atomic E-state index is 12.0. The van der Waals surface area contributed by atoms with Gasteiger partial charge < -0.3 is 18.8 Å². The molecular formula is C19H24N3O4+. The molecule has 1 aromatic carbocycles. The van der Waals surface area contributed by atoms with Gasteiger partial charge in [0.25, 0.3) is 5.91 Å². The third-order valence-corrected chi connectivity index (χ3v) is 4.43. The molecule has 1 aliphatic rings. The Morgan fingerprint density at radius 3 is 2.85 bits per heavy atom. The van der Waals surface area contributed by atoms with Crippen LogP contribution in [0.3, 0.4) is 0 Å². The second-order valence-corrected chi connectivity index (χ2v) is 6.20. The minimum Gasteiger partial charge on any atom is -0.496 e. The molecule has 0 radical (unpaired) electrons. The van der Waals surface area contributed by atoms with Gasteiger partial charge >= 0.3 is 0 Å². The number of aryl methyl sites for hydroxylation is 1. The molecular weight excluding hydrogens is 334 g/mol. The molecule has 138 valence electrons. The van der Waals surface area contributed by atoms with Gasteiger partial charge in [-0.3, -0.25) is 4.79 Å². The Balaban J connectivity index is 1.66. The van der Waals surface area contributed by atoms with Gasteiger partial charge in [-0.15, -0.1) is 0 Å². The first-order valence-electron chi connectivity index (χ1n) is 8.63. The number of benzene rings is 1. The van der Waals surface area contributed by atoms with E-state index in [1.54, 1.807) is 26.3 Å². The molecule has 26 heavy (non-hydrogen) atoms. The molecule has 2 N–H and O–H groups in total. The lowest BCUT2D eigenvalue weighted by Crippen LogP contribution is -3.12. The Hall–Kier alpha value is -2.64. The van der Waals surface area contributed by atoms with E-state index in [2.05, 4.69) is 10.5 Å². The highest BCUT2D eigenvalue weighted by Gasteiger charge is 2.17. The van der Waals surface area contributed by atoms with E-state index < -0.39 is 0 Å². The van der Waals surface area contributed by atoms with Crippen LogP contribution in [-0.2, 0) is 11.3 Å². The summed E-state index contributed by atoms with van der Waals surface area (Å²) in [6.45, 7) is 6.16. The first kappa shape index (κ1) is 18.2. The van der Waals surface area contributed by atoms with Crippen molar-refractivity contribution in [3.05, 3.63) is 53.0 Å². The largest absolute Gasteiger partial charge is 0.496 e. The van der Waals surface area contributed by atoms with Crippen LogP contribution in [-0.4, -0.2) is 45.5 Å². The minimum absolute atomic E-state index is 0.293. The van der Waals surface area contributed by atoms with Crippen LogP contribution in [0.5, 0.6) is 5.75 Å². The van der Waals surface area contributed by atoms with Gasteiger partial charge in [0.1, 0.15) is 31.1 Å². The Labute approximate surface area is 152 Å². The van der Waals surface area contributed by atoms with Gasteiger partial charge in [0.05, 0.1) is 38.4 Å². The number of furan rings is 1. The van der Waals surface area contributed by atoms with Crippen molar-refractivity contribution in [2.45, 2.75) is 13.5 Å². The van der Waals surface area contributed by atoms with Crippen molar-refractivity contribution in [1.29, 1.82) is 0 Å². The van der Waals surface area contributed by atoms with Crippen molar-refractivity contribution in [3.8, 4) is 5.75 Å². The van der Waals surface area contributed by atoms with E-state index in [1.165, 1.54) is 11.2 Å². The summed E-state index contributed by atoms with van der Waals surface area (Å²) in [4.78, 5) is 13.5. The number of nitrogens with one attached hydrogen (secondary N) is 2. The van der Waals surface area contributed by atoms with Crippen molar-refractivity contribution >= 4 is 12.1 Å². The maximum Gasteiger partial charge on any atom is 0.274 e. The van der Waals surface area contributed by atoms with Crippen LogP contribution < -0.4 is 15.1 Å². The quantitative estimate of drug-likeness (QED) is 0.591. The number of methoxy groups -OCH3 is 1. The highest BCUT2D eigenvalue weighted by molar-refractivity contribution is 5.95. The van der Waals surface area contributed by atoms with Crippen LogP contribution in [0.4, 0.5) is 0 Å². The molecule has 0 saturated carbocycles. The highest BCUT2D eigenvalue weighted by atomic mass is 16.5. The molecule has 1 fully saturated rings. The predicted molar refractivity (Wildman–Crippen MR) is 96.7 cm³/mol. The minimum atomic E-state index is -0.293. The predicted octanol–water partition coefficient (Wildman–Crippen LogP) is 0.776. The summed E-state index contributed by atoms with van der Waals surface area (Å²) in [5.41, 5.74) is 5.02. The number of carbonyl (C=O) groups excluding carboxylic acids is 1. The van der Waals surface area contributed by atoms with Gasteiger partial charge in [0, 0.05) is 5.56 Å². The number of ether oxygens (including phenoxy) is 2. The zero-order chi connectivity index (χ0) is 18.4. The summed E-state index contributed by atoms with van der Waals surface area (Å²) < 4.78 is 16.0. The topological polar surface area (TPSA) is 77.5 Å². The number of hydrogen-bond acceptors (Lipinski definition) is 5. The molecule has 7 nitrogen and oxygen atoms in total. The summed E-state index contributed by atoms with van der Waals surface area (Å²) in [6.07, 6.45) is 3.11. The SMILES string of the molecule is COc1ccc(/C=N\NC(=O)c2ccoc2C)cc1C[NH+]1CCOCC1. The second kappa shape index (κ2) is 8.64. The number of amides is 1. The summed E-state index contributed by atoms with van der Waals surface area (Å²) in [5.74, 6) is 1.14. The van der Waals surface area contributed by atoms with Crippen molar-refractivity contribution in [2.24, 2.45) is 5.10 Å². The van der Waals surface area contributed by atoms with Crippen molar-refractivity contribution in [2.75, 3.05) is 33.4 Å². The number of nitrogens with zero attached hydrogens (tertiary/aromatic N) is 1. The second-order valence-electron chi connectivity index (χ2n) is 6.20. The van der Waals surface area contributed by atoms with Crippen molar-refractivity contribution in [3.63, 3.8) is 0 Å². The number of rotatable bonds is 6.